The molecule has 88 valence electrons. The molecule has 0 atom stereocenters. The highest BCUT2D eigenvalue weighted by molar-refractivity contribution is 7.80. The van der Waals surface area contributed by atoms with E-state index in [4.69, 9.17) is 23.2 Å². The maximum Gasteiger partial charge on any atom is 0.141 e. The molecule has 1 heterocycles. The number of para-hydroxylation sites is 1. The Hall–Kier alpha value is -2.45. The van der Waals surface area contributed by atoms with Gasteiger partial charge in [0.15, 0.2) is 0 Å². The monoisotopic (exact) mass is 255 g/mol. The third-order valence-corrected chi connectivity index (χ3v) is 2.62. The standard InChI is InChI=1S/C13H9N3OS/c14-7-9(13(15)18)5-11-12(17)6-8-3-1-2-4-10(8)16-11/h1-6,17H,(H2,15,18). The van der Waals surface area contributed by atoms with Crippen LogP contribution in [0.5, 0.6) is 5.75 Å². The van der Waals surface area contributed by atoms with Crippen molar-refractivity contribution in [3.63, 3.8) is 0 Å². The molecular formula is C13H9N3OS. The van der Waals surface area contributed by atoms with Crippen LogP contribution in [0.25, 0.3) is 17.0 Å². The third-order valence-electron chi connectivity index (χ3n) is 2.40. The first-order valence-electron chi connectivity index (χ1n) is 5.12. The number of nitriles is 1. The van der Waals surface area contributed by atoms with Gasteiger partial charge in [-0.05, 0) is 18.2 Å². The number of hydrogen-bond acceptors (Lipinski definition) is 4. The van der Waals surface area contributed by atoms with E-state index in [9.17, 15) is 5.11 Å². The van der Waals surface area contributed by atoms with Crippen LogP contribution in [-0.4, -0.2) is 15.1 Å². The van der Waals surface area contributed by atoms with E-state index in [0.717, 1.165) is 10.9 Å². The van der Waals surface area contributed by atoms with Crippen LogP contribution in [0.2, 0.25) is 0 Å². The molecule has 1 aromatic carbocycles. The first-order chi connectivity index (χ1) is 8.61. The summed E-state index contributed by atoms with van der Waals surface area (Å²) in [6, 6.07) is 10.8. The summed E-state index contributed by atoms with van der Waals surface area (Å²) in [5.74, 6) is -0.0160. The molecule has 5 heteroatoms. The number of nitrogens with two attached hydrogens (primary N) is 1. The molecular weight excluding hydrogens is 246 g/mol. The van der Waals surface area contributed by atoms with Gasteiger partial charge in [0, 0.05) is 5.39 Å². The van der Waals surface area contributed by atoms with Crippen molar-refractivity contribution in [2.45, 2.75) is 0 Å². The van der Waals surface area contributed by atoms with Crippen LogP contribution >= 0.6 is 12.2 Å². The lowest BCUT2D eigenvalue weighted by atomic mass is 10.1. The topological polar surface area (TPSA) is 82.9 Å². The quantitative estimate of drug-likeness (QED) is 0.488. The Bertz CT molecular complexity index is 701. The van der Waals surface area contributed by atoms with E-state index < -0.39 is 0 Å². The molecule has 0 aliphatic rings. The molecule has 0 fully saturated rings. The second-order valence-corrected chi connectivity index (χ2v) is 4.06. The van der Waals surface area contributed by atoms with Crippen molar-refractivity contribution in [1.29, 1.82) is 5.26 Å². The molecule has 0 aliphatic carbocycles. The predicted molar refractivity (Wildman–Crippen MR) is 73.8 cm³/mol. The van der Waals surface area contributed by atoms with Crippen LogP contribution in [-0.2, 0) is 0 Å². The number of hydrogen-bond donors (Lipinski definition) is 2. The van der Waals surface area contributed by atoms with Crippen LogP contribution < -0.4 is 5.73 Å². The summed E-state index contributed by atoms with van der Waals surface area (Å²) in [7, 11) is 0. The minimum atomic E-state index is -0.0214. The number of rotatable bonds is 2. The Labute approximate surface area is 109 Å². The number of aromatic hydroxyl groups is 1. The zero-order valence-electron chi connectivity index (χ0n) is 9.29. The highest BCUT2D eigenvalue weighted by Gasteiger charge is 2.06. The van der Waals surface area contributed by atoms with Gasteiger partial charge in [-0.25, -0.2) is 4.98 Å². The Kier molecular flexibility index (Phi) is 3.22. The van der Waals surface area contributed by atoms with Crippen molar-refractivity contribution in [2.75, 3.05) is 0 Å². The van der Waals surface area contributed by atoms with E-state index in [1.807, 2.05) is 30.3 Å². The average molecular weight is 255 g/mol. The first-order valence-corrected chi connectivity index (χ1v) is 5.53. The maximum atomic E-state index is 9.83. The second-order valence-electron chi connectivity index (χ2n) is 3.62. The largest absolute Gasteiger partial charge is 0.506 e. The summed E-state index contributed by atoms with van der Waals surface area (Å²) in [6.07, 6.45) is 1.38. The highest BCUT2D eigenvalue weighted by atomic mass is 32.1. The minimum absolute atomic E-state index is 0.0160. The lowest BCUT2D eigenvalue weighted by Gasteiger charge is -2.03. The molecule has 18 heavy (non-hydrogen) atoms. The van der Waals surface area contributed by atoms with E-state index in [1.54, 1.807) is 6.07 Å². The predicted octanol–water partition coefficient (Wildman–Crippen LogP) is 2.13. The Balaban J connectivity index is 2.62. The molecule has 0 spiro atoms. The number of nitrogens with zero attached hydrogens (tertiary/aromatic N) is 2. The molecule has 4 nitrogen and oxygen atoms in total. The van der Waals surface area contributed by atoms with Crippen LogP contribution in [0.15, 0.2) is 35.9 Å². The molecule has 0 amide bonds. The molecule has 0 saturated carbocycles. The molecule has 2 aromatic rings. The van der Waals surface area contributed by atoms with Crippen LogP contribution in [0.4, 0.5) is 0 Å². The summed E-state index contributed by atoms with van der Waals surface area (Å²) >= 11 is 4.73. The van der Waals surface area contributed by atoms with Gasteiger partial charge in [0.2, 0.25) is 0 Å². The van der Waals surface area contributed by atoms with Gasteiger partial charge in [-0.1, -0.05) is 30.4 Å². The third kappa shape index (κ3) is 2.29. The fraction of sp³-hybridized carbons (Fsp3) is 0. The number of pyridine rings is 1. The van der Waals surface area contributed by atoms with E-state index in [0.29, 0.717) is 0 Å². The summed E-state index contributed by atoms with van der Waals surface area (Å²) < 4.78 is 0. The number of thiocarbonyl (C=S) groups is 1. The zero-order valence-corrected chi connectivity index (χ0v) is 10.1. The van der Waals surface area contributed by atoms with E-state index >= 15 is 0 Å². The van der Waals surface area contributed by atoms with Gasteiger partial charge in [-0.2, -0.15) is 5.26 Å². The molecule has 0 saturated heterocycles. The van der Waals surface area contributed by atoms with Gasteiger partial charge in [0.25, 0.3) is 0 Å². The number of aromatic nitrogens is 1. The molecule has 2 rings (SSSR count). The fourth-order valence-corrected chi connectivity index (χ4v) is 1.63. The van der Waals surface area contributed by atoms with Crippen LogP contribution in [0.3, 0.4) is 0 Å². The van der Waals surface area contributed by atoms with Crippen molar-refractivity contribution >= 4 is 34.2 Å². The second kappa shape index (κ2) is 4.82. The van der Waals surface area contributed by atoms with E-state index in [2.05, 4.69) is 4.98 Å². The first kappa shape index (κ1) is 12.0. The van der Waals surface area contributed by atoms with Crippen molar-refractivity contribution in [2.24, 2.45) is 5.73 Å². The smallest absolute Gasteiger partial charge is 0.141 e. The summed E-state index contributed by atoms with van der Waals surface area (Å²) in [5, 5.41) is 19.5. The fourth-order valence-electron chi connectivity index (χ4n) is 1.52. The number of benzene rings is 1. The number of fused-ring (bicyclic) bond motifs is 1. The van der Waals surface area contributed by atoms with Gasteiger partial charge < -0.3 is 10.8 Å². The van der Waals surface area contributed by atoms with E-state index in [1.165, 1.54) is 6.08 Å². The Morgan fingerprint density at radius 2 is 2.17 bits per heavy atom. The Morgan fingerprint density at radius 1 is 1.44 bits per heavy atom. The highest BCUT2D eigenvalue weighted by Crippen LogP contribution is 2.23. The summed E-state index contributed by atoms with van der Waals surface area (Å²) in [4.78, 5) is 4.23. The zero-order chi connectivity index (χ0) is 13.1. The lowest BCUT2D eigenvalue weighted by molar-refractivity contribution is 0.472. The Morgan fingerprint density at radius 3 is 2.83 bits per heavy atom. The minimum Gasteiger partial charge on any atom is -0.506 e. The average Bonchev–Trinajstić information content (AvgIpc) is 2.35. The molecule has 0 radical (unpaired) electrons. The van der Waals surface area contributed by atoms with Crippen molar-refractivity contribution in [3.8, 4) is 11.8 Å². The van der Waals surface area contributed by atoms with Crippen LogP contribution in [0, 0.1) is 11.3 Å². The molecule has 3 N–H and O–H groups in total. The van der Waals surface area contributed by atoms with Crippen LogP contribution in [0.1, 0.15) is 5.69 Å². The summed E-state index contributed by atoms with van der Waals surface area (Å²) in [5.41, 5.74) is 6.50. The maximum absolute atomic E-state index is 9.83. The molecule has 1 aromatic heterocycles. The van der Waals surface area contributed by atoms with Gasteiger partial charge in [0.1, 0.15) is 22.5 Å². The van der Waals surface area contributed by atoms with Gasteiger partial charge in [-0.3, -0.25) is 0 Å². The van der Waals surface area contributed by atoms with E-state index in [-0.39, 0.29) is 22.0 Å². The molecule has 0 bridgehead atoms. The normalized spacial score (nSPS) is 11.2. The van der Waals surface area contributed by atoms with Gasteiger partial charge in [0.05, 0.1) is 11.1 Å². The molecule has 0 aliphatic heterocycles. The SMILES string of the molecule is N#CC(=Cc1nc2ccccc2cc1O)C(N)=S. The van der Waals surface area contributed by atoms with Crippen molar-refractivity contribution in [3.05, 3.63) is 41.6 Å². The van der Waals surface area contributed by atoms with Crippen molar-refractivity contribution < 1.29 is 5.11 Å². The van der Waals surface area contributed by atoms with Gasteiger partial charge in [-0.15, -0.1) is 0 Å². The lowest BCUT2D eigenvalue weighted by Crippen LogP contribution is -2.09. The van der Waals surface area contributed by atoms with Gasteiger partial charge >= 0.3 is 0 Å². The summed E-state index contributed by atoms with van der Waals surface area (Å²) in [6.45, 7) is 0. The molecule has 0 unspecified atom stereocenters. The van der Waals surface area contributed by atoms with Crippen molar-refractivity contribution in [1.82, 2.24) is 4.98 Å².